The maximum Gasteiger partial charge on any atom is 0.341 e. The largest absolute Gasteiger partial charge is 0.482 e. The molecule has 1 atom stereocenters. The molecule has 0 unspecified atom stereocenters. The SMILES string of the molecule is O=C(O)COc1cccc2c1CCC[C@H]2NS(=O)(=O)c1cnc(Oc2ccccc2Cl)c(Br)c1. The number of aromatic nitrogens is 1. The van der Waals surface area contributed by atoms with Crippen LogP contribution in [0.5, 0.6) is 17.4 Å². The van der Waals surface area contributed by atoms with Crippen LogP contribution in [0.25, 0.3) is 0 Å². The molecule has 1 aromatic heterocycles. The fourth-order valence-electron chi connectivity index (χ4n) is 3.73. The Balaban J connectivity index is 1.55. The molecule has 2 N–H and O–H groups in total. The van der Waals surface area contributed by atoms with Crippen LogP contribution < -0.4 is 14.2 Å². The monoisotopic (exact) mass is 566 g/mol. The lowest BCUT2D eigenvalue weighted by Gasteiger charge is -2.27. The quantitative estimate of drug-likeness (QED) is 0.389. The van der Waals surface area contributed by atoms with E-state index in [2.05, 4.69) is 25.6 Å². The molecule has 1 aliphatic rings. The van der Waals surface area contributed by atoms with Crippen molar-refractivity contribution < 1.29 is 27.8 Å². The molecule has 11 heteroatoms. The molecule has 0 amide bonds. The maximum absolute atomic E-state index is 13.1. The van der Waals surface area contributed by atoms with Crippen molar-refractivity contribution in [1.82, 2.24) is 9.71 Å². The van der Waals surface area contributed by atoms with Crippen LogP contribution >= 0.6 is 27.5 Å². The maximum atomic E-state index is 13.1. The summed E-state index contributed by atoms with van der Waals surface area (Å²) in [7, 11) is -3.92. The highest BCUT2D eigenvalue weighted by Gasteiger charge is 2.28. The van der Waals surface area contributed by atoms with E-state index in [1.807, 2.05) is 6.07 Å². The van der Waals surface area contributed by atoms with Crippen molar-refractivity contribution in [2.45, 2.75) is 30.2 Å². The highest BCUT2D eigenvalue weighted by atomic mass is 79.9. The van der Waals surface area contributed by atoms with E-state index in [0.29, 0.717) is 33.8 Å². The van der Waals surface area contributed by atoms with Crippen LogP contribution in [0.15, 0.2) is 64.1 Å². The summed E-state index contributed by atoms with van der Waals surface area (Å²) in [6.45, 7) is -0.463. The molecule has 0 saturated heterocycles. The van der Waals surface area contributed by atoms with Gasteiger partial charge in [0.15, 0.2) is 6.61 Å². The summed E-state index contributed by atoms with van der Waals surface area (Å²) in [5, 5.41) is 9.31. The Morgan fingerprint density at radius 2 is 1.97 bits per heavy atom. The van der Waals surface area contributed by atoms with Crippen LogP contribution in [0, 0.1) is 0 Å². The molecule has 0 aliphatic heterocycles. The van der Waals surface area contributed by atoms with Crippen molar-refractivity contribution >= 4 is 43.5 Å². The Morgan fingerprint density at radius 3 is 2.71 bits per heavy atom. The van der Waals surface area contributed by atoms with Gasteiger partial charge in [-0.15, -0.1) is 0 Å². The van der Waals surface area contributed by atoms with E-state index >= 15 is 0 Å². The van der Waals surface area contributed by atoms with Gasteiger partial charge in [0.05, 0.1) is 15.7 Å². The lowest BCUT2D eigenvalue weighted by Crippen LogP contribution is -2.31. The molecule has 0 fully saturated rings. The first-order valence-corrected chi connectivity index (χ1v) is 13.0. The Labute approximate surface area is 210 Å². The van der Waals surface area contributed by atoms with Gasteiger partial charge in [-0.2, -0.15) is 0 Å². The van der Waals surface area contributed by atoms with E-state index in [1.165, 1.54) is 12.3 Å². The second kappa shape index (κ2) is 10.3. The van der Waals surface area contributed by atoms with Crippen LogP contribution in [0.4, 0.5) is 0 Å². The highest BCUT2D eigenvalue weighted by Crippen LogP contribution is 2.37. The average molecular weight is 568 g/mol. The standard InChI is InChI=1S/C23H20BrClN2O6S/c24-17-11-14(12-26-23(17)33-21-9-2-1-7-18(21)25)34(30,31)27-19-8-3-6-16-15(19)5-4-10-20(16)32-13-22(28)29/h1-2,4-5,7,9-12,19,27H,3,6,8,13H2,(H,28,29)/t19-/m1/s1. The van der Waals surface area contributed by atoms with Gasteiger partial charge in [0.25, 0.3) is 0 Å². The molecule has 2 aromatic carbocycles. The van der Waals surface area contributed by atoms with Crippen molar-refractivity contribution in [3.05, 3.63) is 75.4 Å². The van der Waals surface area contributed by atoms with E-state index in [9.17, 15) is 13.2 Å². The lowest BCUT2D eigenvalue weighted by molar-refractivity contribution is -0.139. The number of ether oxygens (including phenoxy) is 2. The normalized spacial score (nSPS) is 15.4. The molecule has 1 aliphatic carbocycles. The molecular weight excluding hydrogens is 548 g/mol. The number of nitrogens with one attached hydrogen (secondary N) is 1. The first kappa shape index (κ1) is 24.5. The zero-order valence-electron chi connectivity index (χ0n) is 17.7. The topological polar surface area (TPSA) is 115 Å². The number of hydrogen-bond donors (Lipinski definition) is 2. The third-order valence-corrected chi connectivity index (χ3v) is 7.57. The number of carboxylic acids is 1. The number of hydrogen-bond acceptors (Lipinski definition) is 6. The van der Waals surface area contributed by atoms with Crippen molar-refractivity contribution in [2.24, 2.45) is 0 Å². The molecule has 34 heavy (non-hydrogen) atoms. The molecule has 8 nitrogen and oxygen atoms in total. The van der Waals surface area contributed by atoms with Gasteiger partial charge >= 0.3 is 5.97 Å². The van der Waals surface area contributed by atoms with E-state index in [-0.39, 0.29) is 10.8 Å². The second-order valence-corrected chi connectivity index (χ2v) is 10.5. The lowest BCUT2D eigenvalue weighted by atomic mass is 9.87. The van der Waals surface area contributed by atoms with Crippen molar-refractivity contribution in [3.8, 4) is 17.4 Å². The Bertz CT molecular complexity index is 1330. The summed E-state index contributed by atoms with van der Waals surface area (Å²) < 4.78 is 40.5. The van der Waals surface area contributed by atoms with E-state index in [4.69, 9.17) is 26.2 Å². The number of benzene rings is 2. The minimum atomic E-state index is -3.92. The van der Waals surface area contributed by atoms with Gasteiger partial charge in [0.1, 0.15) is 16.4 Å². The van der Waals surface area contributed by atoms with Crippen LogP contribution in [0.2, 0.25) is 5.02 Å². The van der Waals surface area contributed by atoms with Crippen molar-refractivity contribution in [2.75, 3.05) is 6.61 Å². The smallest absolute Gasteiger partial charge is 0.341 e. The molecule has 4 rings (SSSR count). The van der Waals surface area contributed by atoms with E-state index in [1.54, 1.807) is 36.4 Å². The number of sulfonamides is 1. The van der Waals surface area contributed by atoms with Crippen molar-refractivity contribution in [1.29, 1.82) is 0 Å². The van der Waals surface area contributed by atoms with Gasteiger partial charge in [-0.1, -0.05) is 35.9 Å². The molecule has 0 radical (unpaired) electrons. The second-order valence-electron chi connectivity index (χ2n) is 7.56. The van der Waals surface area contributed by atoms with Crippen LogP contribution in [-0.4, -0.2) is 31.1 Å². The number of rotatable bonds is 8. The molecule has 0 bridgehead atoms. The number of nitrogens with zero attached hydrogens (tertiary/aromatic N) is 1. The van der Waals surface area contributed by atoms with Crippen LogP contribution in [0.3, 0.4) is 0 Å². The van der Waals surface area contributed by atoms with Crippen molar-refractivity contribution in [3.63, 3.8) is 0 Å². The Morgan fingerprint density at radius 1 is 1.21 bits per heavy atom. The first-order chi connectivity index (χ1) is 16.2. The van der Waals surface area contributed by atoms with Gasteiger partial charge in [-0.3, -0.25) is 0 Å². The number of fused-ring (bicyclic) bond motifs is 1. The molecular formula is C23H20BrClN2O6S. The van der Waals surface area contributed by atoms with Gasteiger partial charge in [-0.05, 0) is 70.6 Å². The highest BCUT2D eigenvalue weighted by molar-refractivity contribution is 9.10. The molecule has 1 heterocycles. The van der Waals surface area contributed by atoms with E-state index < -0.39 is 28.6 Å². The number of carboxylic acid groups (broad SMARTS) is 1. The summed E-state index contributed by atoms with van der Waals surface area (Å²) in [5.41, 5.74) is 1.58. The van der Waals surface area contributed by atoms with Crippen LogP contribution in [0.1, 0.15) is 30.0 Å². The third-order valence-electron chi connectivity index (χ3n) is 5.25. The first-order valence-electron chi connectivity index (χ1n) is 10.3. The number of para-hydroxylation sites is 1. The van der Waals surface area contributed by atoms with Crippen LogP contribution in [-0.2, 0) is 21.2 Å². The molecule has 3 aromatic rings. The number of carbonyl (C=O) groups is 1. The predicted octanol–water partition coefficient (Wildman–Crippen LogP) is 5.11. The summed E-state index contributed by atoms with van der Waals surface area (Å²) in [5.74, 6) is -0.0545. The Kier molecular flexibility index (Phi) is 7.42. The van der Waals surface area contributed by atoms with Gasteiger partial charge < -0.3 is 14.6 Å². The fourth-order valence-corrected chi connectivity index (χ4v) is 5.70. The third kappa shape index (κ3) is 5.52. The minimum absolute atomic E-state index is 0.0312. The molecule has 178 valence electrons. The summed E-state index contributed by atoms with van der Waals surface area (Å²) in [6, 6.07) is 13.0. The molecule has 0 saturated carbocycles. The number of aliphatic carboxylic acids is 1. The molecule has 0 spiro atoms. The minimum Gasteiger partial charge on any atom is -0.482 e. The summed E-state index contributed by atoms with van der Waals surface area (Å²) >= 11 is 9.44. The van der Waals surface area contributed by atoms with Gasteiger partial charge in [0, 0.05) is 6.04 Å². The number of halogens is 2. The van der Waals surface area contributed by atoms with Gasteiger partial charge in [-0.25, -0.2) is 22.9 Å². The Hall–Kier alpha value is -2.66. The predicted molar refractivity (Wildman–Crippen MR) is 129 cm³/mol. The summed E-state index contributed by atoms with van der Waals surface area (Å²) in [6.07, 6.45) is 3.21. The average Bonchev–Trinajstić information content (AvgIpc) is 2.80. The zero-order valence-corrected chi connectivity index (χ0v) is 20.9. The number of pyridine rings is 1. The fraction of sp³-hybridized carbons (Fsp3) is 0.217. The summed E-state index contributed by atoms with van der Waals surface area (Å²) in [4.78, 5) is 15.0. The van der Waals surface area contributed by atoms with Gasteiger partial charge in [0.2, 0.25) is 15.9 Å². The zero-order chi connectivity index (χ0) is 24.3. The van der Waals surface area contributed by atoms with E-state index in [0.717, 1.165) is 17.5 Å².